The molecule has 1 aromatic rings. The molecule has 0 unspecified atom stereocenters. The Bertz CT molecular complexity index is 195. The SMILES string of the molecule is Cc1cc(SCCO)co1. The number of hydrogen-bond acceptors (Lipinski definition) is 3. The van der Waals surface area contributed by atoms with E-state index in [-0.39, 0.29) is 6.61 Å². The number of rotatable bonds is 3. The Morgan fingerprint density at radius 3 is 3.00 bits per heavy atom. The molecule has 0 aliphatic carbocycles. The molecule has 0 bridgehead atoms. The standard InChI is InChI=1S/C7H10O2S/c1-6-4-7(5-9-6)10-3-2-8/h4-5,8H,2-3H2,1H3. The number of aryl methyl sites for hydroxylation is 1. The van der Waals surface area contributed by atoms with Crippen LogP contribution in [0.3, 0.4) is 0 Å². The Labute approximate surface area is 64.2 Å². The summed E-state index contributed by atoms with van der Waals surface area (Å²) in [5.74, 6) is 1.65. The van der Waals surface area contributed by atoms with Crippen LogP contribution < -0.4 is 0 Å². The van der Waals surface area contributed by atoms with Gasteiger partial charge in [-0.05, 0) is 13.0 Å². The molecule has 3 heteroatoms. The van der Waals surface area contributed by atoms with Crippen LogP contribution >= 0.6 is 11.8 Å². The summed E-state index contributed by atoms with van der Waals surface area (Å²) in [6.07, 6.45) is 1.70. The van der Waals surface area contributed by atoms with Crippen LogP contribution in [0.25, 0.3) is 0 Å². The molecule has 0 saturated carbocycles. The second-order valence-corrected chi connectivity index (χ2v) is 3.13. The second-order valence-electron chi connectivity index (χ2n) is 1.97. The van der Waals surface area contributed by atoms with Crippen molar-refractivity contribution >= 4 is 11.8 Å². The highest BCUT2D eigenvalue weighted by molar-refractivity contribution is 7.99. The smallest absolute Gasteiger partial charge is 0.104 e. The van der Waals surface area contributed by atoms with Gasteiger partial charge in [-0.2, -0.15) is 0 Å². The van der Waals surface area contributed by atoms with E-state index in [2.05, 4.69) is 0 Å². The fourth-order valence-electron chi connectivity index (χ4n) is 0.659. The van der Waals surface area contributed by atoms with Crippen LogP contribution in [0, 0.1) is 6.92 Å². The molecule has 2 nitrogen and oxygen atoms in total. The van der Waals surface area contributed by atoms with Gasteiger partial charge in [0.05, 0.1) is 6.61 Å². The summed E-state index contributed by atoms with van der Waals surface area (Å²) in [7, 11) is 0. The van der Waals surface area contributed by atoms with Gasteiger partial charge in [0, 0.05) is 10.6 Å². The molecule has 0 aliphatic rings. The molecule has 0 amide bonds. The fourth-order valence-corrected chi connectivity index (χ4v) is 1.35. The maximum absolute atomic E-state index is 8.48. The Morgan fingerprint density at radius 1 is 1.70 bits per heavy atom. The van der Waals surface area contributed by atoms with Gasteiger partial charge in [0.25, 0.3) is 0 Å². The van der Waals surface area contributed by atoms with Crippen molar-refractivity contribution in [2.75, 3.05) is 12.4 Å². The Morgan fingerprint density at radius 2 is 2.50 bits per heavy atom. The van der Waals surface area contributed by atoms with E-state index < -0.39 is 0 Å². The minimum atomic E-state index is 0.217. The zero-order valence-corrected chi connectivity index (χ0v) is 6.65. The van der Waals surface area contributed by atoms with E-state index in [0.29, 0.717) is 0 Å². The fraction of sp³-hybridized carbons (Fsp3) is 0.429. The van der Waals surface area contributed by atoms with E-state index in [0.717, 1.165) is 16.4 Å². The third kappa shape index (κ3) is 2.08. The van der Waals surface area contributed by atoms with Crippen LogP contribution in [0.5, 0.6) is 0 Å². The predicted molar refractivity (Wildman–Crippen MR) is 41.3 cm³/mol. The maximum Gasteiger partial charge on any atom is 0.104 e. The third-order valence-corrected chi connectivity index (χ3v) is 2.00. The molecule has 56 valence electrons. The summed E-state index contributed by atoms with van der Waals surface area (Å²) in [6.45, 7) is 2.12. The van der Waals surface area contributed by atoms with E-state index >= 15 is 0 Å². The summed E-state index contributed by atoms with van der Waals surface area (Å²) in [6, 6.07) is 1.96. The largest absolute Gasteiger partial charge is 0.468 e. The number of hydrogen-bond donors (Lipinski definition) is 1. The molecule has 0 radical (unpaired) electrons. The Kier molecular flexibility index (Phi) is 2.83. The lowest BCUT2D eigenvalue weighted by atomic mass is 10.5. The molecule has 0 spiro atoms. The molecule has 10 heavy (non-hydrogen) atoms. The van der Waals surface area contributed by atoms with Gasteiger partial charge in [-0.25, -0.2) is 0 Å². The van der Waals surface area contributed by atoms with Gasteiger partial charge in [0.1, 0.15) is 12.0 Å². The van der Waals surface area contributed by atoms with Crippen molar-refractivity contribution < 1.29 is 9.52 Å². The van der Waals surface area contributed by atoms with Crippen molar-refractivity contribution in [1.82, 2.24) is 0 Å². The zero-order chi connectivity index (χ0) is 7.40. The Hall–Kier alpha value is -0.410. The van der Waals surface area contributed by atoms with Crippen molar-refractivity contribution in [3.63, 3.8) is 0 Å². The monoisotopic (exact) mass is 158 g/mol. The molecule has 0 fully saturated rings. The average molecular weight is 158 g/mol. The van der Waals surface area contributed by atoms with Gasteiger partial charge in [0.2, 0.25) is 0 Å². The Balaban J connectivity index is 2.42. The number of thioether (sulfide) groups is 1. The second kappa shape index (κ2) is 3.68. The molecule has 1 heterocycles. The first-order valence-corrected chi connectivity index (χ1v) is 4.10. The first kappa shape index (κ1) is 7.69. The average Bonchev–Trinajstić information content (AvgIpc) is 2.31. The minimum absolute atomic E-state index is 0.217. The van der Waals surface area contributed by atoms with Gasteiger partial charge >= 0.3 is 0 Å². The van der Waals surface area contributed by atoms with Gasteiger partial charge in [-0.15, -0.1) is 11.8 Å². The van der Waals surface area contributed by atoms with Crippen molar-refractivity contribution in [3.05, 3.63) is 18.1 Å². The van der Waals surface area contributed by atoms with Crippen molar-refractivity contribution in [2.24, 2.45) is 0 Å². The van der Waals surface area contributed by atoms with Crippen LogP contribution in [0.4, 0.5) is 0 Å². The normalized spacial score (nSPS) is 10.2. The lowest BCUT2D eigenvalue weighted by Gasteiger charge is -1.89. The summed E-state index contributed by atoms with van der Waals surface area (Å²) in [5, 5.41) is 8.48. The lowest BCUT2D eigenvalue weighted by Crippen LogP contribution is -1.83. The van der Waals surface area contributed by atoms with E-state index in [9.17, 15) is 0 Å². The van der Waals surface area contributed by atoms with Crippen LogP contribution in [0.2, 0.25) is 0 Å². The third-order valence-electron chi connectivity index (χ3n) is 1.07. The molecular weight excluding hydrogens is 148 g/mol. The van der Waals surface area contributed by atoms with Crippen molar-refractivity contribution in [3.8, 4) is 0 Å². The van der Waals surface area contributed by atoms with Crippen LogP contribution in [0.1, 0.15) is 5.76 Å². The van der Waals surface area contributed by atoms with E-state index in [1.54, 1.807) is 18.0 Å². The summed E-state index contributed by atoms with van der Waals surface area (Å²) in [5.41, 5.74) is 0. The number of aliphatic hydroxyl groups excluding tert-OH is 1. The van der Waals surface area contributed by atoms with Gasteiger partial charge in [0.15, 0.2) is 0 Å². The number of furan rings is 1. The van der Waals surface area contributed by atoms with Crippen LogP contribution in [-0.2, 0) is 0 Å². The van der Waals surface area contributed by atoms with Gasteiger partial charge in [-0.1, -0.05) is 0 Å². The number of aliphatic hydroxyl groups is 1. The molecule has 0 atom stereocenters. The summed E-state index contributed by atoms with van der Waals surface area (Å²) >= 11 is 1.60. The van der Waals surface area contributed by atoms with Gasteiger partial charge < -0.3 is 9.52 Å². The molecule has 1 rings (SSSR count). The molecule has 1 N–H and O–H groups in total. The molecule has 0 aliphatic heterocycles. The first-order chi connectivity index (χ1) is 4.83. The van der Waals surface area contributed by atoms with E-state index in [1.807, 2.05) is 13.0 Å². The molecule has 1 aromatic heterocycles. The maximum atomic E-state index is 8.48. The van der Waals surface area contributed by atoms with Crippen LogP contribution in [0.15, 0.2) is 21.6 Å². The minimum Gasteiger partial charge on any atom is -0.468 e. The predicted octanol–water partition coefficient (Wildman–Crippen LogP) is 1.67. The van der Waals surface area contributed by atoms with E-state index in [4.69, 9.17) is 9.52 Å². The summed E-state index contributed by atoms with van der Waals surface area (Å²) < 4.78 is 5.06. The highest BCUT2D eigenvalue weighted by Crippen LogP contribution is 2.19. The van der Waals surface area contributed by atoms with Crippen molar-refractivity contribution in [2.45, 2.75) is 11.8 Å². The molecule has 0 saturated heterocycles. The first-order valence-electron chi connectivity index (χ1n) is 3.11. The van der Waals surface area contributed by atoms with Crippen LogP contribution in [-0.4, -0.2) is 17.5 Å². The van der Waals surface area contributed by atoms with E-state index in [1.165, 1.54) is 0 Å². The zero-order valence-electron chi connectivity index (χ0n) is 5.83. The highest BCUT2D eigenvalue weighted by Gasteiger charge is 1.95. The quantitative estimate of drug-likeness (QED) is 0.679. The molecular formula is C7H10O2S. The van der Waals surface area contributed by atoms with Gasteiger partial charge in [-0.3, -0.25) is 0 Å². The lowest BCUT2D eigenvalue weighted by molar-refractivity contribution is 0.322. The highest BCUT2D eigenvalue weighted by atomic mass is 32.2. The topological polar surface area (TPSA) is 33.4 Å². The molecule has 0 aromatic carbocycles. The summed E-state index contributed by atoms with van der Waals surface area (Å²) in [4.78, 5) is 1.09. The van der Waals surface area contributed by atoms with Crippen molar-refractivity contribution in [1.29, 1.82) is 0 Å².